The normalized spacial score (nSPS) is 10.2. The van der Waals surface area contributed by atoms with Crippen molar-refractivity contribution in [3.63, 3.8) is 0 Å². The van der Waals surface area contributed by atoms with E-state index in [4.69, 9.17) is 9.84 Å². The maximum Gasteiger partial charge on any atom is 0.260 e. The molecule has 5 nitrogen and oxygen atoms in total. The molecule has 0 saturated carbocycles. The topological polar surface area (TPSA) is 62.7 Å². The summed E-state index contributed by atoms with van der Waals surface area (Å²) < 4.78 is 5.43. The van der Waals surface area contributed by atoms with Crippen LogP contribution in [0, 0.1) is 0 Å². The van der Waals surface area contributed by atoms with E-state index in [0.717, 1.165) is 11.3 Å². The fraction of sp³-hybridized carbons (Fsp3) is 0.250. The molecule has 1 aromatic heterocycles. The lowest BCUT2D eigenvalue weighted by molar-refractivity contribution is -0.132. The average Bonchev–Trinajstić information content (AvgIpc) is 2.54. The highest BCUT2D eigenvalue weighted by Crippen LogP contribution is 2.12. The summed E-state index contributed by atoms with van der Waals surface area (Å²) in [6.45, 7) is 0.417. The molecule has 1 N–H and O–H groups in total. The Morgan fingerprint density at radius 1 is 1.24 bits per heavy atom. The monoisotopic (exact) mass is 286 g/mol. The van der Waals surface area contributed by atoms with Crippen LogP contribution in [-0.2, 0) is 17.9 Å². The van der Waals surface area contributed by atoms with E-state index in [1.54, 1.807) is 42.4 Å². The standard InChI is InChI=1S/C16H18N2O3/c1-18(10-14-4-2-3-9-17-14)16(20)12-21-15-7-5-13(11-19)6-8-15/h2-9,19H,10-12H2,1H3. The van der Waals surface area contributed by atoms with E-state index in [1.807, 2.05) is 18.2 Å². The molecule has 1 amide bonds. The van der Waals surface area contributed by atoms with Gasteiger partial charge in [0.05, 0.1) is 18.8 Å². The van der Waals surface area contributed by atoms with Crippen LogP contribution >= 0.6 is 0 Å². The van der Waals surface area contributed by atoms with Crippen molar-refractivity contribution in [2.24, 2.45) is 0 Å². The molecule has 21 heavy (non-hydrogen) atoms. The van der Waals surface area contributed by atoms with Crippen LogP contribution in [0.4, 0.5) is 0 Å². The smallest absolute Gasteiger partial charge is 0.260 e. The van der Waals surface area contributed by atoms with Crippen LogP contribution in [-0.4, -0.2) is 34.6 Å². The zero-order valence-electron chi connectivity index (χ0n) is 11.9. The van der Waals surface area contributed by atoms with Crippen molar-refractivity contribution in [2.75, 3.05) is 13.7 Å². The number of nitrogens with zero attached hydrogens (tertiary/aromatic N) is 2. The number of likely N-dealkylation sites (N-methyl/N-ethyl adjacent to an activating group) is 1. The molecule has 2 rings (SSSR count). The van der Waals surface area contributed by atoms with E-state index in [9.17, 15) is 4.79 Å². The number of pyridine rings is 1. The summed E-state index contributed by atoms with van der Waals surface area (Å²) in [5, 5.41) is 8.95. The van der Waals surface area contributed by atoms with Gasteiger partial charge in [-0.05, 0) is 29.8 Å². The van der Waals surface area contributed by atoms with Gasteiger partial charge in [0, 0.05) is 13.2 Å². The molecular weight excluding hydrogens is 268 g/mol. The third-order valence-electron chi connectivity index (χ3n) is 3.02. The molecule has 110 valence electrons. The number of amides is 1. The summed E-state index contributed by atoms with van der Waals surface area (Å²) >= 11 is 0. The molecule has 0 fully saturated rings. The minimum atomic E-state index is -0.119. The fourth-order valence-electron chi connectivity index (χ4n) is 1.77. The highest BCUT2D eigenvalue weighted by molar-refractivity contribution is 5.77. The van der Waals surface area contributed by atoms with Crippen LogP contribution < -0.4 is 4.74 Å². The Bertz CT molecular complexity index is 570. The maximum absolute atomic E-state index is 12.0. The van der Waals surface area contributed by atoms with Gasteiger partial charge in [0.25, 0.3) is 5.91 Å². The number of rotatable bonds is 6. The summed E-state index contributed by atoms with van der Waals surface area (Å²) in [7, 11) is 1.72. The van der Waals surface area contributed by atoms with E-state index in [-0.39, 0.29) is 19.1 Å². The second kappa shape index (κ2) is 7.40. The molecule has 0 radical (unpaired) electrons. The van der Waals surface area contributed by atoms with E-state index < -0.39 is 0 Å². The number of aliphatic hydroxyl groups is 1. The van der Waals surface area contributed by atoms with Crippen LogP contribution in [0.15, 0.2) is 48.7 Å². The number of aliphatic hydroxyl groups excluding tert-OH is 1. The molecule has 0 aliphatic heterocycles. The second-order valence-corrected chi connectivity index (χ2v) is 4.66. The Balaban J connectivity index is 1.83. The molecule has 0 aliphatic rings. The van der Waals surface area contributed by atoms with Gasteiger partial charge in [-0.15, -0.1) is 0 Å². The van der Waals surface area contributed by atoms with Gasteiger partial charge in [-0.1, -0.05) is 18.2 Å². The molecule has 1 aromatic carbocycles. The Morgan fingerprint density at radius 2 is 2.00 bits per heavy atom. The van der Waals surface area contributed by atoms with Crippen molar-refractivity contribution in [1.29, 1.82) is 0 Å². The van der Waals surface area contributed by atoms with Gasteiger partial charge in [0.15, 0.2) is 6.61 Å². The molecule has 5 heteroatoms. The first kappa shape index (κ1) is 15.0. The Hall–Kier alpha value is -2.40. The molecule has 0 saturated heterocycles. The summed E-state index contributed by atoms with van der Waals surface area (Å²) in [6.07, 6.45) is 1.70. The lowest BCUT2D eigenvalue weighted by atomic mass is 10.2. The SMILES string of the molecule is CN(Cc1ccccn1)C(=O)COc1ccc(CO)cc1. The number of aromatic nitrogens is 1. The second-order valence-electron chi connectivity index (χ2n) is 4.66. The first-order valence-electron chi connectivity index (χ1n) is 6.65. The number of carbonyl (C=O) groups is 1. The van der Waals surface area contributed by atoms with E-state index in [2.05, 4.69) is 4.98 Å². The van der Waals surface area contributed by atoms with Crippen molar-refractivity contribution in [3.05, 3.63) is 59.9 Å². The van der Waals surface area contributed by atoms with Gasteiger partial charge in [-0.25, -0.2) is 0 Å². The summed E-state index contributed by atoms with van der Waals surface area (Å²) in [6, 6.07) is 12.6. The first-order valence-corrected chi connectivity index (χ1v) is 6.65. The minimum absolute atomic E-state index is 0.00791. The van der Waals surface area contributed by atoms with Crippen LogP contribution in [0.1, 0.15) is 11.3 Å². The van der Waals surface area contributed by atoms with Gasteiger partial charge < -0.3 is 14.7 Å². The number of carbonyl (C=O) groups excluding carboxylic acids is 1. The maximum atomic E-state index is 12.0. The first-order chi connectivity index (χ1) is 10.2. The molecule has 0 atom stereocenters. The average molecular weight is 286 g/mol. The molecule has 2 aromatic rings. The van der Waals surface area contributed by atoms with Gasteiger partial charge >= 0.3 is 0 Å². The Kier molecular flexibility index (Phi) is 5.29. The predicted molar refractivity (Wildman–Crippen MR) is 78.6 cm³/mol. The summed E-state index contributed by atoms with van der Waals surface area (Å²) in [4.78, 5) is 17.7. The predicted octanol–water partition coefficient (Wildman–Crippen LogP) is 1.61. The molecule has 1 heterocycles. The zero-order chi connectivity index (χ0) is 15.1. The largest absolute Gasteiger partial charge is 0.484 e. The number of benzene rings is 1. The third kappa shape index (κ3) is 4.57. The van der Waals surface area contributed by atoms with Crippen LogP contribution in [0.5, 0.6) is 5.75 Å². The quantitative estimate of drug-likeness (QED) is 0.876. The van der Waals surface area contributed by atoms with Gasteiger partial charge in [0.1, 0.15) is 5.75 Å². The zero-order valence-corrected chi connectivity index (χ0v) is 11.9. The molecular formula is C16H18N2O3. The Labute approximate surface area is 123 Å². The van der Waals surface area contributed by atoms with Crippen LogP contribution in [0.25, 0.3) is 0 Å². The van der Waals surface area contributed by atoms with Crippen molar-refractivity contribution >= 4 is 5.91 Å². The highest BCUT2D eigenvalue weighted by Gasteiger charge is 2.10. The van der Waals surface area contributed by atoms with Crippen LogP contribution in [0.3, 0.4) is 0 Å². The van der Waals surface area contributed by atoms with Crippen molar-refractivity contribution in [3.8, 4) is 5.75 Å². The van der Waals surface area contributed by atoms with Gasteiger partial charge in [-0.3, -0.25) is 9.78 Å². The number of hydrogen-bond acceptors (Lipinski definition) is 4. The molecule has 0 unspecified atom stereocenters. The fourth-order valence-corrected chi connectivity index (χ4v) is 1.77. The molecule has 0 bridgehead atoms. The minimum Gasteiger partial charge on any atom is -0.484 e. The summed E-state index contributed by atoms with van der Waals surface area (Å²) in [5.74, 6) is 0.485. The van der Waals surface area contributed by atoms with Gasteiger partial charge in [0.2, 0.25) is 0 Å². The highest BCUT2D eigenvalue weighted by atomic mass is 16.5. The molecule has 0 aliphatic carbocycles. The van der Waals surface area contributed by atoms with Crippen molar-refractivity contribution in [2.45, 2.75) is 13.2 Å². The number of ether oxygens (including phenoxy) is 1. The number of hydrogen-bond donors (Lipinski definition) is 1. The third-order valence-corrected chi connectivity index (χ3v) is 3.02. The van der Waals surface area contributed by atoms with E-state index in [1.165, 1.54) is 0 Å². The van der Waals surface area contributed by atoms with E-state index in [0.29, 0.717) is 12.3 Å². The lowest BCUT2D eigenvalue weighted by Gasteiger charge is -2.17. The van der Waals surface area contributed by atoms with Gasteiger partial charge in [-0.2, -0.15) is 0 Å². The molecule has 0 spiro atoms. The van der Waals surface area contributed by atoms with Crippen molar-refractivity contribution < 1.29 is 14.6 Å². The lowest BCUT2D eigenvalue weighted by Crippen LogP contribution is -2.31. The summed E-state index contributed by atoms with van der Waals surface area (Å²) in [5.41, 5.74) is 1.64. The van der Waals surface area contributed by atoms with Crippen LogP contribution in [0.2, 0.25) is 0 Å². The van der Waals surface area contributed by atoms with E-state index >= 15 is 0 Å². The van der Waals surface area contributed by atoms with Crippen molar-refractivity contribution in [1.82, 2.24) is 9.88 Å². The Morgan fingerprint density at radius 3 is 2.62 bits per heavy atom.